The van der Waals surface area contributed by atoms with E-state index in [9.17, 15) is 0 Å². The van der Waals surface area contributed by atoms with E-state index in [0.29, 0.717) is 0 Å². The quantitative estimate of drug-likeness (QED) is 0.748. The normalized spacial score (nSPS) is 21.1. The van der Waals surface area contributed by atoms with E-state index in [1.165, 1.54) is 11.1 Å². The van der Waals surface area contributed by atoms with Gasteiger partial charge in [-0.1, -0.05) is 17.7 Å². The van der Waals surface area contributed by atoms with Crippen molar-refractivity contribution in [3.05, 3.63) is 32.8 Å². The molecule has 1 nitrogen and oxygen atoms in total. The minimum Gasteiger partial charge on any atom is -0.327 e. The van der Waals surface area contributed by atoms with Gasteiger partial charge < -0.3 is 5.73 Å². The molecule has 0 aromatic heterocycles. The molecule has 0 saturated carbocycles. The van der Waals surface area contributed by atoms with E-state index < -0.39 is 0 Å². The van der Waals surface area contributed by atoms with Crippen LogP contribution in [0.1, 0.15) is 11.1 Å². The summed E-state index contributed by atoms with van der Waals surface area (Å²) in [7, 11) is 0. The molecule has 0 saturated heterocycles. The summed E-state index contributed by atoms with van der Waals surface area (Å²) in [5, 5.41) is 0.834. The van der Waals surface area contributed by atoms with Crippen molar-refractivity contribution >= 4 is 27.5 Å². The molecule has 0 fully saturated rings. The van der Waals surface area contributed by atoms with Gasteiger partial charge in [-0.25, -0.2) is 0 Å². The van der Waals surface area contributed by atoms with E-state index in [2.05, 4.69) is 22.0 Å². The van der Waals surface area contributed by atoms with E-state index >= 15 is 0 Å². The zero-order valence-electron chi connectivity index (χ0n) is 6.48. The molecule has 1 unspecified atom stereocenters. The SMILES string of the molecule is NC1Cc2ccc(Br)c(Cl)c2C1. The van der Waals surface area contributed by atoms with Crippen LogP contribution in [-0.2, 0) is 12.8 Å². The van der Waals surface area contributed by atoms with E-state index in [1.54, 1.807) is 0 Å². The highest BCUT2D eigenvalue weighted by molar-refractivity contribution is 9.10. The molecule has 2 rings (SSSR count). The van der Waals surface area contributed by atoms with E-state index in [4.69, 9.17) is 17.3 Å². The first-order valence-corrected chi connectivity index (χ1v) is 5.07. The van der Waals surface area contributed by atoms with Gasteiger partial charge in [-0.05, 0) is 46.0 Å². The molecule has 0 amide bonds. The number of fused-ring (bicyclic) bond motifs is 1. The second kappa shape index (κ2) is 3.02. The summed E-state index contributed by atoms with van der Waals surface area (Å²) >= 11 is 9.50. The number of rotatable bonds is 0. The lowest BCUT2D eigenvalue weighted by molar-refractivity contribution is 0.721. The Labute approximate surface area is 85.0 Å². The highest BCUT2D eigenvalue weighted by Crippen LogP contribution is 2.33. The number of halogens is 2. The van der Waals surface area contributed by atoms with Crippen LogP contribution in [0.25, 0.3) is 0 Å². The monoisotopic (exact) mass is 245 g/mol. The third-order valence-corrected chi connectivity index (χ3v) is 3.56. The Morgan fingerprint density at radius 1 is 1.42 bits per heavy atom. The summed E-state index contributed by atoms with van der Waals surface area (Å²) < 4.78 is 0.969. The van der Waals surface area contributed by atoms with Crippen molar-refractivity contribution in [3.8, 4) is 0 Å². The molecule has 1 atom stereocenters. The first-order chi connectivity index (χ1) is 5.68. The predicted molar refractivity (Wildman–Crippen MR) is 54.5 cm³/mol. The van der Waals surface area contributed by atoms with Gasteiger partial charge in [0.15, 0.2) is 0 Å². The Kier molecular flexibility index (Phi) is 2.15. The number of hydrogen-bond acceptors (Lipinski definition) is 1. The van der Waals surface area contributed by atoms with Crippen molar-refractivity contribution in [1.29, 1.82) is 0 Å². The maximum Gasteiger partial charge on any atom is 0.0583 e. The van der Waals surface area contributed by atoms with Gasteiger partial charge in [-0.15, -0.1) is 0 Å². The highest BCUT2D eigenvalue weighted by Gasteiger charge is 2.21. The van der Waals surface area contributed by atoms with Crippen LogP contribution in [0.2, 0.25) is 5.02 Å². The van der Waals surface area contributed by atoms with Crippen LogP contribution >= 0.6 is 27.5 Å². The molecule has 2 N–H and O–H groups in total. The largest absolute Gasteiger partial charge is 0.327 e. The maximum atomic E-state index is 6.10. The predicted octanol–water partition coefficient (Wildman–Crippen LogP) is 2.53. The van der Waals surface area contributed by atoms with Crippen molar-refractivity contribution in [1.82, 2.24) is 0 Å². The van der Waals surface area contributed by atoms with E-state index in [1.807, 2.05) is 6.07 Å². The standard InChI is InChI=1S/C9H9BrClN/c10-8-2-1-5-3-6(12)4-7(5)9(8)11/h1-2,6H,3-4,12H2. The van der Waals surface area contributed by atoms with Gasteiger partial charge in [-0.2, -0.15) is 0 Å². The molecule has 1 aliphatic carbocycles. The van der Waals surface area contributed by atoms with Crippen LogP contribution in [0.5, 0.6) is 0 Å². The van der Waals surface area contributed by atoms with Gasteiger partial charge in [-0.3, -0.25) is 0 Å². The fourth-order valence-electron chi connectivity index (χ4n) is 1.66. The third kappa shape index (κ3) is 1.28. The minimum atomic E-state index is 0.256. The van der Waals surface area contributed by atoms with Gasteiger partial charge in [0, 0.05) is 10.5 Å². The molecular formula is C9H9BrClN. The minimum absolute atomic E-state index is 0.256. The first kappa shape index (κ1) is 8.54. The molecule has 3 heteroatoms. The molecule has 64 valence electrons. The van der Waals surface area contributed by atoms with Crippen molar-refractivity contribution in [2.75, 3.05) is 0 Å². The summed E-state index contributed by atoms with van der Waals surface area (Å²) in [6.07, 6.45) is 1.87. The Morgan fingerprint density at radius 3 is 2.92 bits per heavy atom. The van der Waals surface area contributed by atoms with Crippen LogP contribution in [-0.4, -0.2) is 6.04 Å². The molecule has 12 heavy (non-hydrogen) atoms. The highest BCUT2D eigenvalue weighted by atomic mass is 79.9. The third-order valence-electron chi connectivity index (χ3n) is 2.24. The first-order valence-electron chi connectivity index (χ1n) is 3.90. The molecule has 0 spiro atoms. The Morgan fingerprint density at radius 2 is 2.17 bits per heavy atom. The van der Waals surface area contributed by atoms with Crippen LogP contribution in [0, 0.1) is 0 Å². The summed E-state index contributed by atoms with van der Waals surface area (Å²) in [4.78, 5) is 0. The summed E-state index contributed by atoms with van der Waals surface area (Å²) in [6, 6.07) is 4.34. The molecule has 1 aromatic carbocycles. The van der Waals surface area contributed by atoms with Crippen LogP contribution in [0.3, 0.4) is 0 Å². The zero-order valence-corrected chi connectivity index (χ0v) is 8.82. The van der Waals surface area contributed by atoms with Gasteiger partial charge in [0.2, 0.25) is 0 Å². The summed E-state index contributed by atoms with van der Waals surface area (Å²) in [6.45, 7) is 0. The second-order valence-electron chi connectivity index (χ2n) is 3.17. The molecule has 1 aliphatic rings. The van der Waals surface area contributed by atoms with E-state index in [-0.39, 0.29) is 6.04 Å². The molecular weight excluding hydrogens is 237 g/mol. The fourth-order valence-corrected chi connectivity index (χ4v) is 2.29. The lowest BCUT2D eigenvalue weighted by Gasteiger charge is -2.02. The van der Waals surface area contributed by atoms with Crippen LogP contribution in [0.15, 0.2) is 16.6 Å². The fraction of sp³-hybridized carbons (Fsp3) is 0.333. The number of nitrogens with two attached hydrogens (primary N) is 1. The number of hydrogen-bond donors (Lipinski definition) is 1. The van der Waals surface area contributed by atoms with Crippen molar-refractivity contribution in [2.24, 2.45) is 5.73 Å². The lowest BCUT2D eigenvalue weighted by Crippen LogP contribution is -2.19. The van der Waals surface area contributed by atoms with Gasteiger partial charge in [0.25, 0.3) is 0 Å². The maximum absolute atomic E-state index is 6.10. The smallest absolute Gasteiger partial charge is 0.0583 e. The van der Waals surface area contributed by atoms with Gasteiger partial charge in [0.1, 0.15) is 0 Å². The molecule has 0 aliphatic heterocycles. The van der Waals surface area contributed by atoms with Gasteiger partial charge >= 0.3 is 0 Å². The Hall–Kier alpha value is -0.0500. The van der Waals surface area contributed by atoms with Crippen LogP contribution < -0.4 is 5.73 Å². The molecule has 0 heterocycles. The lowest BCUT2D eigenvalue weighted by atomic mass is 10.1. The number of benzene rings is 1. The van der Waals surface area contributed by atoms with Crippen LogP contribution in [0.4, 0.5) is 0 Å². The second-order valence-corrected chi connectivity index (χ2v) is 4.40. The average molecular weight is 247 g/mol. The van der Waals surface area contributed by atoms with E-state index in [0.717, 1.165) is 22.3 Å². The van der Waals surface area contributed by atoms with Gasteiger partial charge in [0.05, 0.1) is 5.02 Å². The van der Waals surface area contributed by atoms with Crippen molar-refractivity contribution in [3.63, 3.8) is 0 Å². The molecule has 0 radical (unpaired) electrons. The molecule has 0 bridgehead atoms. The zero-order chi connectivity index (χ0) is 8.72. The summed E-state index contributed by atoms with van der Waals surface area (Å²) in [5.74, 6) is 0. The van der Waals surface area contributed by atoms with Crippen molar-refractivity contribution in [2.45, 2.75) is 18.9 Å². The molecule has 1 aromatic rings. The topological polar surface area (TPSA) is 26.0 Å². The average Bonchev–Trinajstić information content (AvgIpc) is 2.39. The summed E-state index contributed by atoms with van der Waals surface area (Å²) in [5.41, 5.74) is 8.35. The Bertz CT molecular complexity index is 325. The van der Waals surface area contributed by atoms with Crippen molar-refractivity contribution < 1.29 is 0 Å². The Balaban J connectivity index is 2.54.